The van der Waals surface area contributed by atoms with Gasteiger partial charge in [0, 0.05) is 20.7 Å². The van der Waals surface area contributed by atoms with Crippen LogP contribution in [0.2, 0.25) is 0 Å². The number of benzene rings is 5. The van der Waals surface area contributed by atoms with E-state index in [0.29, 0.717) is 0 Å². The number of rotatable bonds is 1. The molecule has 0 saturated carbocycles. The van der Waals surface area contributed by atoms with Crippen molar-refractivity contribution in [1.82, 2.24) is 0 Å². The number of thiophene rings is 1. The topological polar surface area (TPSA) is 0 Å². The predicted molar refractivity (Wildman–Crippen MR) is 116 cm³/mol. The van der Waals surface area contributed by atoms with Gasteiger partial charge in [0.1, 0.15) is 0 Å². The summed E-state index contributed by atoms with van der Waals surface area (Å²) < 4.78 is 0. The Labute approximate surface area is 155 Å². The first-order valence-corrected chi connectivity index (χ1v) is 9.78. The summed E-state index contributed by atoms with van der Waals surface area (Å²) in [5.74, 6) is 0. The molecule has 0 saturated heterocycles. The highest BCUT2D eigenvalue weighted by molar-refractivity contribution is 7.17. The average Bonchev–Trinajstić information content (AvgIpc) is 3.03. The van der Waals surface area contributed by atoms with Gasteiger partial charge in [0.25, 0.3) is 0 Å². The van der Waals surface area contributed by atoms with Crippen LogP contribution in [0, 0.1) is 6.92 Å². The fraction of sp³-hybridized carbons (Fsp3) is 0.0400. The molecule has 0 aliphatic rings. The Bertz CT molecular complexity index is 1420. The zero-order valence-electron chi connectivity index (χ0n) is 14.4. The van der Waals surface area contributed by atoms with Crippen LogP contribution in [-0.2, 0) is 0 Å². The number of fused-ring (bicyclic) bond motifs is 1. The van der Waals surface area contributed by atoms with Gasteiger partial charge < -0.3 is 0 Å². The average molecular weight is 348 g/mol. The predicted octanol–water partition coefficient (Wildman–Crippen LogP) is 7.77. The maximum Gasteiger partial charge on any atom is 0.0430 e. The molecular formula is C25H16S. The lowest BCUT2D eigenvalue weighted by Crippen LogP contribution is -1.86. The van der Waals surface area contributed by atoms with Crippen molar-refractivity contribution in [1.29, 1.82) is 0 Å². The highest BCUT2D eigenvalue weighted by Gasteiger charge is 2.15. The summed E-state index contributed by atoms with van der Waals surface area (Å²) in [5.41, 5.74) is 1.35. The Morgan fingerprint density at radius 2 is 1.19 bits per heavy atom. The first-order chi connectivity index (χ1) is 12.8. The molecule has 0 aliphatic carbocycles. The van der Waals surface area contributed by atoms with Crippen molar-refractivity contribution in [2.75, 3.05) is 0 Å². The summed E-state index contributed by atoms with van der Waals surface area (Å²) in [4.78, 5) is 2.78. The van der Waals surface area contributed by atoms with E-state index >= 15 is 0 Å². The van der Waals surface area contributed by atoms with Gasteiger partial charge in [-0.1, -0.05) is 78.9 Å². The Morgan fingerprint density at radius 1 is 0.538 bits per heavy atom. The molecule has 1 aromatic heterocycles. The van der Waals surface area contributed by atoms with Gasteiger partial charge in [-0.05, 0) is 44.6 Å². The first kappa shape index (κ1) is 14.3. The molecule has 1 heteroatoms. The smallest absolute Gasteiger partial charge is 0.0430 e. The van der Waals surface area contributed by atoms with Crippen LogP contribution < -0.4 is 0 Å². The number of hydrogen-bond acceptors (Lipinski definition) is 1. The monoisotopic (exact) mass is 348 g/mol. The first-order valence-electron chi connectivity index (χ1n) is 8.96. The lowest BCUT2D eigenvalue weighted by Gasteiger charge is -2.13. The van der Waals surface area contributed by atoms with Gasteiger partial charge in [-0.25, -0.2) is 0 Å². The summed E-state index contributed by atoms with van der Waals surface area (Å²) in [6, 6.07) is 29.0. The molecule has 1 heterocycles. The fourth-order valence-corrected chi connectivity index (χ4v) is 5.55. The van der Waals surface area contributed by atoms with E-state index in [-0.39, 0.29) is 0 Å². The van der Waals surface area contributed by atoms with Crippen molar-refractivity contribution in [3.05, 3.63) is 83.7 Å². The molecule has 6 rings (SSSR count). The fourth-order valence-electron chi connectivity index (χ4n) is 4.38. The van der Waals surface area contributed by atoms with Crippen LogP contribution in [0.3, 0.4) is 0 Å². The van der Waals surface area contributed by atoms with Crippen LogP contribution in [0.1, 0.15) is 4.88 Å². The minimum Gasteiger partial charge on any atom is -0.139 e. The third kappa shape index (κ3) is 1.79. The van der Waals surface area contributed by atoms with Crippen molar-refractivity contribution in [3.63, 3.8) is 0 Å². The number of hydrogen-bond donors (Lipinski definition) is 0. The van der Waals surface area contributed by atoms with Gasteiger partial charge in [-0.3, -0.25) is 0 Å². The minimum atomic E-state index is 1.32. The van der Waals surface area contributed by atoms with Gasteiger partial charge in [0.15, 0.2) is 0 Å². The van der Waals surface area contributed by atoms with E-state index in [2.05, 4.69) is 85.8 Å². The van der Waals surface area contributed by atoms with Crippen LogP contribution >= 0.6 is 11.3 Å². The van der Waals surface area contributed by atoms with E-state index < -0.39 is 0 Å². The Morgan fingerprint density at radius 3 is 2.00 bits per heavy atom. The van der Waals surface area contributed by atoms with Gasteiger partial charge in [0.2, 0.25) is 0 Å². The molecule has 0 fully saturated rings. The zero-order chi connectivity index (χ0) is 17.3. The van der Waals surface area contributed by atoms with Gasteiger partial charge in [-0.2, -0.15) is 0 Å². The second-order valence-electron chi connectivity index (χ2n) is 7.00. The maximum atomic E-state index is 2.31. The second kappa shape index (κ2) is 5.06. The Kier molecular flexibility index (Phi) is 2.78. The summed E-state index contributed by atoms with van der Waals surface area (Å²) in [6.07, 6.45) is 0. The van der Waals surface area contributed by atoms with Crippen molar-refractivity contribution < 1.29 is 0 Å². The van der Waals surface area contributed by atoms with Crippen LogP contribution in [0.5, 0.6) is 0 Å². The summed E-state index contributed by atoms with van der Waals surface area (Å²) in [7, 11) is 0. The molecule has 0 atom stereocenters. The summed E-state index contributed by atoms with van der Waals surface area (Å²) in [5, 5.41) is 10.9. The van der Waals surface area contributed by atoms with Crippen LogP contribution in [0.25, 0.3) is 53.5 Å². The third-order valence-electron chi connectivity index (χ3n) is 5.58. The molecule has 5 aromatic carbocycles. The summed E-state index contributed by atoms with van der Waals surface area (Å²) >= 11 is 1.91. The van der Waals surface area contributed by atoms with Crippen molar-refractivity contribution in [2.45, 2.75) is 6.92 Å². The molecule has 0 radical (unpaired) electrons. The van der Waals surface area contributed by atoms with Crippen molar-refractivity contribution >= 4 is 54.4 Å². The Hall–Kier alpha value is -2.90. The molecule has 122 valence electrons. The molecule has 0 spiro atoms. The van der Waals surface area contributed by atoms with Crippen LogP contribution in [-0.4, -0.2) is 0 Å². The Balaban J connectivity index is 1.82. The minimum absolute atomic E-state index is 1.32. The summed E-state index contributed by atoms with van der Waals surface area (Å²) in [6.45, 7) is 2.23. The molecule has 26 heavy (non-hydrogen) atoms. The molecule has 0 nitrogen and oxygen atoms in total. The lowest BCUT2D eigenvalue weighted by molar-refractivity contribution is 1.68. The quantitative estimate of drug-likeness (QED) is 0.266. The second-order valence-corrected chi connectivity index (χ2v) is 8.23. The highest BCUT2D eigenvalue weighted by Crippen LogP contribution is 2.44. The SMILES string of the molecule is Cc1sc(-c2ccc3ccc4cccc5ccc2c3c45)c2ccccc12. The van der Waals surface area contributed by atoms with E-state index in [9.17, 15) is 0 Å². The zero-order valence-corrected chi connectivity index (χ0v) is 15.2. The van der Waals surface area contributed by atoms with Gasteiger partial charge in [0.05, 0.1) is 0 Å². The van der Waals surface area contributed by atoms with Crippen LogP contribution in [0.15, 0.2) is 78.9 Å². The molecular weight excluding hydrogens is 332 g/mol. The lowest BCUT2D eigenvalue weighted by atomic mass is 9.91. The molecule has 0 amide bonds. The largest absolute Gasteiger partial charge is 0.139 e. The normalized spacial score (nSPS) is 12.0. The van der Waals surface area contributed by atoms with E-state index in [4.69, 9.17) is 0 Å². The molecule has 0 N–H and O–H groups in total. The van der Waals surface area contributed by atoms with Crippen molar-refractivity contribution in [2.24, 2.45) is 0 Å². The van der Waals surface area contributed by atoms with E-state index in [1.807, 2.05) is 11.3 Å². The molecule has 0 bridgehead atoms. The van der Waals surface area contributed by atoms with Crippen molar-refractivity contribution in [3.8, 4) is 10.4 Å². The van der Waals surface area contributed by atoms with E-state index in [0.717, 1.165) is 0 Å². The van der Waals surface area contributed by atoms with E-state index in [1.54, 1.807) is 0 Å². The van der Waals surface area contributed by atoms with Gasteiger partial charge in [-0.15, -0.1) is 11.3 Å². The van der Waals surface area contributed by atoms with Crippen LogP contribution in [0.4, 0.5) is 0 Å². The molecule has 6 aromatic rings. The molecule has 0 unspecified atom stereocenters. The molecule has 0 aliphatic heterocycles. The third-order valence-corrected chi connectivity index (χ3v) is 6.75. The highest BCUT2D eigenvalue weighted by atomic mass is 32.1. The van der Waals surface area contributed by atoms with E-state index in [1.165, 1.54) is 58.4 Å². The van der Waals surface area contributed by atoms with Gasteiger partial charge >= 0.3 is 0 Å². The standard InChI is InChI=1S/C25H16S/c1-15-19-7-2-3-8-21(19)25(26-15)22-14-12-18-10-9-16-5-4-6-17-11-13-20(22)24(18)23(16)17/h2-14H,1H3. The maximum absolute atomic E-state index is 2.31. The number of aryl methyl sites for hydroxylation is 1.